The van der Waals surface area contributed by atoms with Crippen molar-refractivity contribution in [1.29, 1.82) is 0 Å². The molecule has 1 aromatic carbocycles. The number of amides is 1. The first-order chi connectivity index (χ1) is 9.24. The normalized spacial score (nSPS) is 14.7. The van der Waals surface area contributed by atoms with Crippen molar-refractivity contribution in [3.05, 3.63) is 58.8 Å². The van der Waals surface area contributed by atoms with E-state index in [-0.39, 0.29) is 5.91 Å². The van der Waals surface area contributed by atoms with Crippen molar-refractivity contribution in [2.75, 3.05) is 5.01 Å². The molecule has 1 aliphatic heterocycles. The minimum atomic E-state index is -0.0267. The minimum absolute atomic E-state index is 0.0267. The molecular weight excluding hydrogens is 306 g/mol. The molecule has 2 heterocycles. The summed E-state index contributed by atoms with van der Waals surface area (Å²) in [5.74, 6) is -0.0267. The summed E-state index contributed by atoms with van der Waals surface area (Å²) >= 11 is 3.37. The number of anilines is 1. The molecule has 0 saturated carbocycles. The number of carbonyl (C=O) groups is 1. The van der Waals surface area contributed by atoms with Gasteiger partial charge in [-0.05, 0) is 36.4 Å². The molecule has 4 nitrogen and oxygen atoms in total. The van der Waals surface area contributed by atoms with Gasteiger partial charge in [-0.15, -0.1) is 0 Å². The van der Waals surface area contributed by atoms with Crippen LogP contribution in [-0.2, 0) is 4.79 Å². The zero-order valence-electron chi connectivity index (χ0n) is 9.95. The van der Waals surface area contributed by atoms with Crippen molar-refractivity contribution < 1.29 is 4.79 Å². The molecule has 1 amide bonds. The fraction of sp³-hybridized carbons (Fsp3) is 0.0714. The molecule has 0 N–H and O–H groups in total. The summed E-state index contributed by atoms with van der Waals surface area (Å²) in [5.41, 5.74) is 2.41. The van der Waals surface area contributed by atoms with Crippen LogP contribution in [0.3, 0.4) is 0 Å². The lowest BCUT2D eigenvalue weighted by Crippen LogP contribution is -2.19. The van der Waals surface area contributed by atoms with E-state index in [1.165, 1.54) is 5.01 Å². The maximum absolute atomic E-state index is 12.0. The Hall–Kier alpha value is -2.01. The van der Waals surface area contributed by atoms with E-state index in [0.29, 0.717) is 6.42 Å². The Kier molecular flexibility index (Phi) is 3.13. The Morgan fingerprint density at radius 1 is 1.16 bits per heavy atom. The average Bonchev–Trinajstić information content (AvgIpc) is 2.83. The van der Waals surface area contributed by atoms with Crippen LogP contribution in [0.5, 0.6) is 0 Å². The second kappa shape index (κ2) is 4.93. The lowest BCUT2D eigenvalue weighted by Gasteiger charge is -2.11. The lowest BCUT2D eigenvalue weighted by molar-refractivity contribution is -0.116. The number of hydrazone groups is 1. The van der Waals surface area contributed by atoms with Crippen molar-refractivity contribution in [2.24, 2.45) is 5.10 Å². The van der Waals surface area contributed by atoms with Gasteiger partial charge in [-0.2, -0.15) is 5.10 Å². The van der Waals surface area contributed by atoms with Crippen molar-refractivity contribution in [2.45, 2.75) is 6.42 Å². The first-order valence-electron chi connectivity index (χ1n) is 5.80. The molecule has 0 aliphatic carbocycles. The van der Waals surface area contributed by atoms with Gasteiger partial charge >= 0.3 is 0 Å². The van der Waals surface area contributed by atoms with Crippen LogP contribution >= 0.6 is 15.9 Å². The molecule has 0 atom stereocenters. The fourth-order valence-electron chi connectivity index (χ4n) is 1.91. The number of pyridine rings is 1. The van der Waals surface area contributed by atoms with Crippen molar-refractivity contribution in [3.63, 3.8) is 0 Å². The molecule has 3 rings (SSSR count). The van der Waals surface area contributed by atoms with E-state index in [1.807, 2.05) is 36.4 Å². The molecule has 5 heteroatoms. The minimum Gasteiger partial charge on any atom is -0.272 e. The van der Waals surface area contributed by atoms with E-state index < -0.39 is 0 Å². The van der Waals surface area contributed by atoms with Crippen LogP contribution < -0.4 is 5.01 Å². The molecule has 19 heavy (non-hydrogen) atoms. The Labute approximate surface area is 118 Å². The van der Waals surface area contributed by atoms with E-state index in [4.69, 9.17) is 0 Å². The standard InChI is InChI=1S/C14H10BrN3O/c15-11-3-5-12(6-4-11)18-14(19)8-13(17-18)10-2-1-7-16-9-10/h1-7,9H,8H2. The zero-order chi connectivity index (χ0) is 13.2. The lowest BCUT2D eigenvalue weighted by atomic mass is 10.1. The van der Waals surface area contributed by atoms with Crippen molar-refractivity contribution in [1.82, 2.24) is 4.98 Å². The molecule has 0 spiro atoms. The number of hydrogen-bond acceptors (Lipinski definition) is 3. The third-order valence-electron chi connectivity index (χ3n) is 2.84. The third kappa shape index (κ3) is 2.42. The summed E-state index contributed by atoms with van der Waals surface area (Å²) in [5, 5.41) is 5.82. The van der Waals surface area contributed by atoms with Crippen LogP contribution in [0.2, 0.25) is 0 Å². The number of halogens is 1. The third-order valence-corrected chi connectivity index (χ3v) is 3.37. The number of hydrogen-bond donors (Lipinski definition) is 0. The molecule has 0 radical (unpaired) electrons. The topological polar surface area (TPSA) is 45.6 Å². The van der Waals surface area contributed by atoms with Gasteiger partial charge in [0.2, 0.25) is 0 Å². The predicted molar refractivity (Wildman–Crippen MR) is 77.0 cm³/mol. The van der Waals surface area contributed by atoms with Gasteiger partial charge in [0.05, 0.1) is 17.8 Å². The van der Waals surface area contributed by atoms with Gasteiger partial charge in [0, 0.05) is 22.4 Å². The van der Waals surface area contributed by atoms with Crippen molar-refractivity contribution >= 4 is 33.2 Å². The molecule has 94 valence electrons. The van der Waals surface area contributed by atoms with Crippen LogP contribution in [0.4, 0.5) is 5.69 Å². The Balaban J connectivity index is 1.93. The highest BCUT2D eigenvalue weighted by molar-refractivity contribution is 9.10. The number of benzene rings is 1. The van der Waals surface area contributed by atoms with Gasteiger partial charge in [0.1, 0.15) is 0 Å². The summed E-state index contributed by atoms with van der Waals surface area (Å²) in [6.45, 7) is 0. The molecule has 0 fully saturated rings. The summed E-state index contributed by atoms with van der Waals surface area (Å²) in [4.78, 5) is 16.1. The molecule has 2 aromatic rings. The largest absolute Gasteiger partial charge is 0.272 e. The van der Waals surface area contributed by atoms with E-state index in [0.717, 1.165) is 21.4 Å². The van der Waals surface area contributed by atoms with Gasteiger partial charge in [0.25, 0.3) is 5.91 Å². The van der Waals surface area contributed by atoms with Crippen LogP contribution in [-0.4, -0.2) is 16.6 Å². The average molecular weight is 316 g/mol. The quantitative estimate of drug-likeness (QED) is 0.855. The van der Waals surface area contributed by atoms with E-state index >= 15 is 0 Å². The van der Waals surface area contributed by atoms with Gasteiger partial charge in [-0.1, -0.05) is 15.9 Å². The highest BCUT2D eigenvalue weighted by Gasteiger charge is 2.25. The van der Waals surface area contributed by atoms with Crippen LogP contribution in [0.25, 0.3) is 0 Å². The predicted octanol–water partition coefficient (Wildman–Crippen LogP) is 2.99. The smallest absolute Gasteiger partial charge is 0.253 e. The van der Waals surface area contributed by atoms with Gasteiger partial charge in [-0.3, -0.25) is 9.78 Å². The second-order valence-corrected chi connectivity index (χ2v) is 5.06. The molecule has 0 bridgehead atoms. The maximum Gasteiger partial charge on any atom is 0.253 e. The highest BCUT2D eigenvalue weighted by Crippen LogP contribution is 2.24. The van der Waals surface area contributed by atoms with Crippen LogP contribution in [0.1, 0.15) is 12.0 Å². The van der Waals surface area contributed by atoms with Gasteiger partial charge in [0.15, 0.2) is 0 Å². The highest BCUT2D eigenvalue weighted by atomic mass is 79.9. The Morgan fingerprint density at radius 2 is 1.95 bits per heavy atom. The molecule has 1 aliphatic rings. The Bertz CT molecular complexity index is 638. The second-order valence-electron chi connectivity index (χ2n) is 4.15. The summed E-state index contributed by atoms with van der Waals surface area (Å²) < 4.78 is 0.972. The van der Waals surface area contributed by atoms with Crippen LogP contribution in [0.15, 0.2) is 58.4 Å². The van der Waals surface area contributed by atoms with Crippen molar-refractivity contribution in [3.8, 4) is 0 Å². The maximum atomic E-state index is 12.0. The summed E-state index contributed by atoms with van der Waals surface area (Å²) in [6.07, 6.45) is 3.73. The Morgan fingerprint density at radius 3 is 2.63 bits per heavy atom. The fourth-order valence-corrected chi connectivity index (χ4v) is 2.17. The number of rotatable bonds is 2. The van der Waals surface area contributed by atoms with Gasteiger partial charge < -0.3 is 0 Å². The monoisotopic (exact) mass is 315 g/mol. The molecule has 0 saturated heterocycles. The number of carbonyl (C=O) groups excluding carboxylic acids is 1. The first-order valence-corrected chi connectivity index (χ1v) is 6.60. The SMILES string of the molecule is O=C1CC(c2cccnc2)=NN1c1ccc(Br)cc1. The van der Waals surface area contributed by atoms with E-state index in [2.05, 4.69) is 26.0 Å². The van der Waals surface area contributed by atoms with E-state index in [1.54, 1.807) is 12.4 Å². The van der Waals surface area contributed by atoms with Crippen LogP contribution in [0, 0.1) is 0 Å². The summed E-state index contributed by atoms with van der Waals surface area (Å²) in [6, 6.07) is 11.2. The number of aromatic nitrogens is 1. The molecule has 0 unspecified atom stereocenters. The first kappa shape index (κ1) is 12.0. The molecular formula is C14H10BrN3O. The summed E-state index contributed by atoms with van der Waals surface area (Å²) in [7, 11) is 0. The zero-order valence-corrected chi connectivity index (χ0v) is 11.5. The number of nitrogens with zero attached hydrogens (tertiary/aromatic N) is 3. The van der Waals surface area contributed by atoms with E-state index in [9.17, 15) is 4.79 Å². The van der Waals surface area contributed by atoms with Gasteiger partial charge in [-0.25, -0.2) is 5.01 Å². The molecule has 1 aromatic heterocycles.